The van der Waals surface area contributed by atoms with Crippen LogP contribution < -0.4 is 15.0 Å². The third-order valence-electron chi connectivity index (χ3n) is 4.77. The van der Waals surface area contributed by atoms with E-state index in [1.54, 1.807) is 0 Å². The van der Waals surface area contributed by atoms with Gasteiger partial charge in [-0.2, -0.15) is 0 Å². The van der Waals surface area contributed by atoms with Gasteiger partial charge in [0.05, 0.1) is 12.3 Å². The molecule has 0 aromatic heterocycles. The standard InChI is InChI=1S/C21H22N2O2/c1-2-25-16-9-10-17-18(21(24)22-19(17)14-16)13-15-7-3-4-8-20(15)23-11-5-6-12-23/h3-4,7-10,13-14H,2,5-6,11-12H2,1H3,(H,22,24). The highest BCUT2D eigenvalue weighted by molar-refractivity contribution is 6.35. The van der Waals surface area contributed by atoms with Crippen LogP contribution >= 0.6 is 0 Å². The van der Waals surface area contributed by atoms with E-state index in [4.69, 9.17) is 4.74 Å². The molecule has 4 nitrogen and oxygen atoms in total. The van der Waals surface area contributed by atoms with E-state index in [1.807, 2.05) is 37.3 Å². The van der Waals surface area contributed by atoms with Gasteiger partial charge in [-0.1, -0.05) is 18.2 Å². The summed E-state index contributed by atoms with van der Waals surface area (Å²) in [4.78, 5) is 14.9. The zero-order valence-corrected chi connectivity index (χ0v) is 14.4. The molecule has 25 heavy (non-hydrogen) atoms. The minimum atomic E-state index is -0.0557. The molecule has 4 heteroatoms. The van der Waals surface area contributed by atoms with Crippen molar-refractivity contribution in [1.29, 1.82) is 0 Å². The van der Waals surface area contributed by atoms with E-state index in [0.29, 0.717) is 12.2 Å². The largest absolute Gasteiger partial charge is 0.494 e. The van der Waals surface area contributed by atoms with Crippen molar-refractivity contribution < 1.29 is 9.53 Å². The van der Waals surface area contributed by atoms with Gasteiger partial charge in [-0.25, -0.2) is 0 Å². The molecule has 1 amide bonds. The lowest BCUT2D eigenvalue weighted by atomic mass is 10.0. The van der Waals surface area contributed by atoms with Gasteiger partial charge < -0.3 is 15.0 Å². The second-order valence-electron chi connectivity index (χ2n) is 6.41. The average Bonchev–Trinajstić information content (AvgIpc) is 3.24. The average molecular weight is 334 g/mol. The number of anilines is 2. The van der Waals surface area contributed by atoms with Crippen molar-refractivity contribution in [3.05, 3.63) is 53.6 Å². The molecule has 0 bridgehead atoms. The third kappa shape index (κ3) is 3.00. The van der Waals surface area contributed by atoms with E-state index >= 15 is 0 Å². The second-order valence-corrected chi connectivity index (χ2v) is 6.41. The molecule has 0 radical (unpaired) electrons. The highest BCUT2D eigenvalue weighted by atomic mass is 16.5. The molecule has 0 saturated carbocycles. The lowest BCUT2D eigenvalue weighted by Crippen LogP contribution is -2.18. The van der Waals surface area contributed by atoms with E-state index in [1.165, 1.54) is 18.5 Å². The summed E-state index contributed by atoms with van der Waals surface area (Å²) < 4.78 is 5.53. The fourth-order valence-corrected chi connectivity index (χ4v) is 3.58. The molecule has 2 aromatic rings. The molecule has 2 aliphatic heterocycles. The van der Waals surface area contributed by atoms with Gasteiger partial charge in [0.1, 0.15) is 5.75 Å². The quantitative estimate of drug-likeness (QED) is 0.853. The van der Waals surface area contributed by atoms with Crippen LogP contribution in [0.25, 0.3) is 11.6 Å². The van der Waals surface area contributed by atoms with E-state index in [-0.39, 0.29) is 5.91 Å². The summed E-state index contributed by atoms with van der Waals surface area (Å²) in [6.07, 6.45) is 4.47. The number of nitrogens with one attached hydrogen (secondary N) is 1. The number of hydrogen-bond donors (Lipinski definition) is 1. The summed E-state index contributed by atoms with van der Waals surface area (Å²) in [5, 5.41) is 2.95. The van der Waals surface area contributed by atoms with Crippen LogP contribution in [0.5, 0.6) is 5.75 Å². The highest BCUT2D eigenvalue weighted by Gasteiger charge is 2.25. The number of amides is 1. The SMILES string of the molecule is CCOc1ccc2c(c1)NC(=O)C2=Cc1ccccc1N1CCCC1. The Kier molecular flexibility index (Phi) is 4.18. The smallest absolute Gasteiger partial charge is 0.256 e. The van der Waals surface area contributed by atoms with Gasteiger partial charge >= 0.3 is 0 Å². The Morgan fingerprint density at radius 1 is 1.16 bits per heavy atom. The minimum absolute atomic E-state index is 0.0557. The number of nitrogens with zero attached hydrogens (tertiary/aromatic N) is 1. The summed E-state index contributed by atoms with van der Waals surface area (Å²) >= 11 is 0. The van der Waals surface area contributed by atoms with Gasteiger partial charge in [-0.3, -0.25) is 4.79 Å². The molecule has 1 fully saturated rings. The van der Waals surface area contributed by atoms with Crippen LogP contribution in [0, 0.1) is 0 Å². The van der Waals surface area contributed by atoms with Crippen molar-refractivity contribution in [3.8, 4) is 5.75 Å². The predicted octanol–water partition coefficient (Wildman–Crippen LogP) is 4.18. The number of fused-ring (bicyclic) bond motifs is 1. The number of hydrogen-bond acceptors (Lipinski definition) is 3. The van der Waals surface area contributed by atoms with Crippen LogP contribution in [0.2, 0.25) is 0 Å². The van der Waals surface area contributed by atoms with Crippen LogP contribution in [-0.4, -0.2) is 25.6 Å². The van der Waals surface area contributed by atoms with E-state index < -0.39 is 0 Å². The number of carbonyl (C=O) groups is 1. The highest BCUT2D eigenvalue weighted by Crippen LogP contribution is 2.37. The lowest BCUT2D eigenvalue weighted by Gasteiger charge is -2.20. The molecule has 0 atom stereocenters. The molecule has 128 valence electrons. The maximum absolute atomic E-state index is 12.5. The predicted molar refractivity (Wildman–Crippen MR) is 102 cm³/mol. The maximum Gasteiger partial charge on any atom is 0.256 e. The van der Waals surface area contributed by atoms with Crippen LogP contribution in [-0.2, 0) is 4.79 Å². The summed E-state index contributed by atoms with van der Waals surface area (Å²) in [5.74, 6) is 0.722. The van der Waals surface area contributed by atoms with Crippen molar-refractivity contribution in [2.24, 2.45) is 0 Å². The van der Waals surface area contributed by atoms with Gasteiger partial charge in [-0.15, -0.1) is 0 Å². The molecule has 0 aliphatic carbocycles. The number of ether oxygens (including phenoxy) is 1. The first-order chi connectivity index (χ1) is 12.3. The van der Waals surface area contributed by atoms with E-state index in [9.17, 15) is 4.79 Å². The molecular formula is C21H22N2O2. The summed E-state index contributed by atoms with van der Waals surface area (Å²) in [7, 11) is 0. The molecule has 1 N–H and O–H groups in total. The normalized spacial score (nSPS) is 17.7. The maximum atomic E-state index is 12.5. The van der Waals surface area contributed by atoms with E-state index in [2.05, 4.69) is 28.4 Å². The second kappa shape index (κ2) is 6.63. The molecule has 4 rings (SSSR count). The first kappa shape index (κ1) is 15.8. The van der Waals surface area contributed by atoms with Gasteiger partial charge in [0.15, 0.2) is 0 Å². The molecule has 2 aliphatic rings. The summed E-state index contributed by atoms with van der Waals surface area (Å²) in [6.45, 7) is 4.73. The monoisotopic (exact) mass is 334 g/mol. The topological polar surface area (TPSA) is 41.6 Å². The van der Waals surface area contributed by atoms with Crippen LogP contribution in [0.1, 0.15) is 30.9 Å². The fraction of sp³-hybridized carbons (Fsp3) is 0.286. The van der Waals surface area contributed by atoms with Gasteiger partial charge in [0, 0.05) is 36.0 Å². The van der Waals surface area contributed by atoms with Crippen molar-refractivity contribution in [3.63, 3.8) is 0 Å². The van der Waals surface area contributed by atoms with Crippen molar-refractivity contribution in [2.75, 3.05) is 29.9 Å². The number of para-hydroxylation sites is 1. The van der Waals surface area contributed by atoms with Crippen molar-refractivity contribution >= 4 is 28.9 Å². The Bertz CT molecular complexity index is 836. The van der Waals surface area contributed by atoms with Crippen LogP contribution in [0.3, 0.4) is 0 Å². The first-order valence-electron chi connectivity index (χ1n) is 8.90. The minimum Gasteiger partial charge on any atom is -0.494 e. The van der Waals surface area contributed by atoms with Crippen molar-refractivity contribution in [1.82, 2.24) is 0 Å². The Balaban J connectivity index is 1.73. The Labute approximate surface area is 148 Å². The number of rotatable bonds is 4. The van der Waals surface area contributed by atoms with Gasteiger partial charge in [0.2, 0.25) is 0 Å². The zero-order chi connectivity index (χ0) is 17.2. The Hall–Kier alpha value is -2.75. The fourth-order valence-electron chi connectivity index (χ4n) is 3.58. The number of carbonyl (C=O) groups excluding carboxylic acids is 1. The summed E-state index contributed by atoms with van der Waals surface area (Å²) in [6, 6.07) is 14.1. The van der Waals surface area contributed by atoms with Crippen LogP contribution in [0.4, 0.5) is 11.4 Å². The first-order valence-corrected chi connectivity index (χ1v) is 8.90. The third-order valence-corrected chi connectivity index (χ3v) is 4.77. The van der Waals surface area contributed by atoms with Gasteiger partial charge in [-0.05, 0) is 49.6 Å². The molecular weight excluding hydrogens is 312 g/mol. The number of benzene rings is 2. The van der Waals surface area contributed by atoms with Crippen molar-refractivity contribution in [2.45, 2.75) is 19.8 Å². The van der Waals surface area contributed by atoms with Gasteiger partial charge in [0.25, 0.3) is 5.91 Å². The molecule has 2 aromatic carbocycles. The Morgan fingerprint density at radius 3 is 2.76 bits per heavy atom. The Morgan fingerprint density at radius 2 is 1.96 bits per heavy atom. The zero-order valence-electron chi connectivity index (χ0n) is 14.4. The van der Waals surface area contributed by atoms with E-state index in [0.717, 1.165) is 35.7 Å². The lowest BCUT2D eigenvalue weighted by molar-refractivity contribution is -0.110. The van der Waals surface area contributed by atoms with Crippen LogP contribution in [0.15, 0.2) is 42.5 Å². The molecule has 1 saturated heterocycles. The molecule has 0 spiro atoms. The molecule has 0 unspecified atom stereocenters. The molecule has 2 heterocycles. The summed E-state index contributed by atoms with van der Waals surface area (Å²) in [5.41, 5.74) is 4.77.